The van der Waals surface area contributed by atoms with E-state index in [2.05, 4.69) is 5.32 Å². The van der Waals surface area contributed by atoms with E-state index in [9.17, 15) is 13.2 Å². The van der Waals surface area contributed by atoms with Gasteiger partial charge in [-0.15, -0.1) is 12.4 Å². The van der Waals surface area contributed by atoms with Gasteiger partial charge < -0.3 is 11.1 Å². The molecule has 1 fully saturated rings. The van der Waals surface area contributed by atoms with Crippen molar-refractivity contribution in [3.8, 4) is 0 Å². The number of halogens is 5. The molecule has 0 spiro atoms. The highest BCUT2D eigenvalue weighted by molar-refractivity contribution is 6.31. The third-order valence-electron chi connectivity index (χ3n) is 2.70. The molecule has 2 rings (SSSR count). The smallest absolute Gasteiger partial charge is 0.319 e. The molecule has 17 heavy (non-hydrogen) atoms. The van der Waals surface area contributed by atoms with Gasteiger partial charge in [0.15, 0.2) is 0 Å². The molecule has 1 saturated heterocycles. The lowest BCUT2D eigenvalue weighted by molar-refractivity contribution is -0.139. The summed E-state index contributed by atoms with van der Waals surface area (Å²) in [7, 11) is 0. The topological polar surface area (TPSA) is 38.0 Å². The second-order valence-corrected chi connectivity index (χ2v) is 4.33. The van der Waals surface area contributed by atoms with Gasteiger partial charge in [0, 0.05) is 23.7 Å². The van der Waals surface area contributed by atoms with Gasteiger partial charge in [-0.3, -0.25) is 0 Å². The van der Waals surface area contributed by atoms with Crippen LogP contribution in [0.15, 0.2) is 18.2 Å². The van der Waals surface area contributed by atoms with Crippen molar-refractivity contribution in [3.63, 3.8) is 0 Å². The number of hydrogen-bond donors (Lipinski definition) is 2. The van der Waals surface area contributed by atoms with Crippen LogP contribution < -0.4 is 11.1 Å². The first-order chi connectivity index (χ1) is 7.34. The average molecular weight is 287 g/mol. The Morgan fingerprint density at radius 1 is 1.29 bits per heavy atom. The van der Waals surface area contributed by atoms with Crippen LogP contribution in [-0.2, 0) is 11.7 Å². The Labute approximate surface area is 108 Å². The minimum atomic E-state index is -4.43. The maximum Gasteiger partial charge on any atom is 0.416 e. The molecule has 1 aliphatic heterocycles. The van der Waals surface area contributed by atoms with Gasteiger partial charge in [-0.1, -0.05) is 17.7 Å². The predicted molar refractivity (Wildman–Crippen MR) is 62.4 cm³/mol. The molecule has 1 aromatic carbocycles. The first-order valence-corrected chi connectivity index (χ1v) is 5.08. The van der Waals surface area contributed by atoms with Crippen molar-refractivity contribution in [3.05, 3.63) is 34.3 Å². The molecule has 2 nitrogen and oxygen atoms in total. The number of alkyl halides is 3. The second kappa shape index (κ2) is 4.65. The number of nitrogens with one attached hydrogen (secondary N) is 1. The molecule has 0 unspecified atom stereocenters. The molecule has 0 aliphatic carbocycles. The van der Waals surface area contributed by atoms with Crippen molar-refractivity contribution in [2.24, 2.45) is 5.73 Å². The van der Waals surface area contributed by atoms with Crippen LogP contribution in [0.2, 0.25) is 5.02 Å². The summed E-state index contributed by atoms with van der Waals surface area (Å²) in [6.07, 6.45) is -4.43. The zero-order valence-corrected chi connectivity index (χ0v) is 10.2. The van der Waals surface area contributed by atoms with Crippen molar-refractivity contribution in [2.75, 3.05) is 13.1 Å². The standard InChI is InChI=1S/C10H10ClF3N2.ClH/c11-7-3-1-2-6(10(12,13)14)8(7)9(15)4-16-5-9;/h1-3,16H,4-5,15H2;1H. The van der Waals surface area contributed by atoms with E-state index in [1.54, 1.807) is 0 Å². The fraction of sp³-hybridized carbons (Fsp3) is 0.400. The van der Waals surface area contributed by atoms with E-state index in [-0.39, 0.29) is 23.0 Å². The van der Waals surface area contributed by atoms with Crippen LogP contribution in [0.5, 0.6) is 0 Å². The molecule has 1 aliphatic rings. The minimum absolute atomic E-state index is 0. The lowest BCUT2D eigenvalue weighted by atomic mass is 9.82. The Hall–Kier alpha value is -0.490. The fourth-order valence-corrected chi connectivity index (χ4v) is 2.20. The molecular formula is C10H11Cl2F3N2. The van der Waals surface area contributed by atoms with E-state index in [1.165, 1.54) is 12.1 Å². The largest absolute Gasteiger partial charge is 0.416 e. The van der Waals surface area contributed by atoms with Crippen molar-refractivity contribution >= 4 is 24.0 Å². The minimum Gasteiger partial charge on any atom is -0.319 e. The van der Waals surface area contributed by atoms with Crippen LogP contribution in [0, 0.1) is 0 Å². The molecule has 0 bridgehead atoms. The third kappa shape index (κ3) is 2.52. The average Bonchev–Trinajstić information content (AvgIpc) is 2.12. The van der Waals surface area contributed by atoms with Crippen molar-refractivity contribution < 1.29 is 13.2 Å². The second-order valence-electron chi connectivity index (χ2n) is 3.92. The Morgan fingerprint density at radius 2 is 1.88 bits per heavy atom. The molecule has 0 atom stereocenters. The zero-order valence-electron chi connectivity index (χ0n) is 8.64. The van der Waals surface area contributed by atoms with Crippen molar-refractivity contribution in [1.82, 2.24) is 5.32 Å². The van der Waals surface area contributed by atoms with Gasteiger partial charge in [0.1, 0.15) is 0 Å². The zero-order chi connectivity index (χ0) is 12.0. The maximum atomic E-state index is 12.8. The number of benzene rings is 1. The van der Waals surface area contributed by atoms with Crippen LogP contribution in [-0.4, -0.2) is 13.1 Å². The third-order valence-corrected chi connectivity index (χ3v) is 3.01. The molecule has 7 heteroatoms. The quantitative estimate of drug-likeness (QED) is 0.833. The molecule has 0 aromatic heterocycles. The molecule has 1 aromatic rings. The molecule has 96 valence electrons. The summed E-state index contributed by atoms with van der Waals surface area (Å²) >= 11 is 5.82. The van der Waals surface area contributed by atoms with Crippen molar-refractivity contribution in [1.29, 1.82) is 0 Å². The predicted octanol–water partition coefficient (Wildman–Crippen LogP) is 2.54. The van der Waals surface area contributed by atoms with E-state index in [1.807, 2.05) is 0 Å². The Kier molecular flexibility index (Phi) is 3.98. The summed E-state index contributed by atoms with van der Waals surface area (Å²) < 4.78 is 38.4. The summed E-state index contributed by atoms with van der Waals surface area (Å²) in [4.78, 5) is 0. The molecular weight excluding hydrogens is 276 g/mol. The monoisotopic (exact) mass is 286 g/mol. The van der Waals surface area contributed by atoms with Crippen LogP contribution in [0.25, 0.3) is 0 Å². The number of rotatable bonds is 1. The van der Waals surface area contributed by atoms with Crippen LogP contribution in [0.4, 0.5) is 13.2 Å². The molecule has 0 radical (unpaired) electrons. The highest BCUT2D eigenvalue weighted by atomic mass is 35.5. The van der Waals surface area contributed by atoms with Gasteiger partial charge in [0.2, 0.25) is 0 Å². The summed E-state index contributed by atoms with van der Waals surface area (Å²) in [5.74, 6) is 0. The maximum absolute atomic E-state index is 12.8. The Morgan fingerprint density at radius 3 is 2.29 bits per heavy atom. The number of hydrogen-bond acceptors (Lipinski definition) is 2. The molecule has 1 heterocycles. The van der Waals surface area contributed by atoms with E-state index < -0.39 is 17.3 Å². The van der Waals surface area contributed by atoms with Crippen LogP contribution >= 0.6 is 24.0 Å². The van der Waals surface area contributed by atoms with Crippen LogP contribution in [0.3, 0.4) is 0 Å². The number of nitrogens with two attached hydrogens (primary N) is 1. The summed E-state index contributed by atoms with van der Waals surface area (Å²) in [5.41, 5.74) is 4.11. The van der Waals surface area contributed by atoms with E-state index in [0.717, 1.165) is 6.07 Å². The summed E-state index contributed by atoms with van der Waals surface area (Å²) in [5, 5.41) is 2.92. The molecule has 0 amide bonds. The SMILES string of the molecule is Cl.NC1(c2c(Cl)cccc2C(F)(F)F)CNC1. The van der Waals surface area contributed by atoms with Gasteiger partial charge in [-0.25, -0.2) is 0 Å². The Bertz CT molecular complexity index is 417. The summed E-state index contributed by atoms with van der Waals surface area (Å²) in [6, 6.07) is 3.72. The van der Waals surface area contributed by atoms with Gasteiger partial charge in [-0.05, 0) is 12.1 Å². The van der Waals surface area contributed by atoms with E-state index >= 15 is 0 Å². The van der Waals surface area contributed by atoms with Gasteiger partial charge in [-0.2, -0.15) is 13.2 Å². The van der Waals surface area contributed by atoms with E-state index in [0.29, 0.717) is 13.1 Å². The normalized spacial score (nSPS) is 18.2. The summed E-state index contributed by atoms with van der Waals surface area (Å²) in [6.45, 7) is 0.611. The van der Waals surface area contributed by atoms with Crippen LogP contribution in [0.1, 0.15) is 11.1 Å². The highest BCUT2D eigenvalue weighted by Gasteiger charge is 2.44. The van der Waals surface area contributed by atoms with Crippen molar-refractivity contribution in [2.45, 2.75) is 11.7 Å². The molecule has 0 saturated carbocycles. The Balaban J connectivity index is 0.00000144. The fourth-order valence-electron chi connectivity index (χ4n) is 1.84. The molecule has 3 N–H and O–H groups in total. The lowest BCUT2D eigenvalue weighted by Crippen LogP contribution is -2.63. The first-order valence-electron chi connectivity index (χ1n) is 4.70. The van der Waals surface area contributed by atoms with Gasteiger partial charge >= 0.3 is 6.18 Å². The van der Waals surface area contributed by atoms with Gasteiger partial charge in [0.05, 0.1) is 11.1 Å². The lowest BCUT2D eigenvalue weighted by Gasteiger charge is -2.41. The highest BCUT2D eigenvalue weighted by Crippen LogP contribution is 2.40. The van der Waals surface area contributed by atoms with Gasteiger partial charge in [0.25, 0.3) is 0 Å². The van der Waals surface area contributed by atoms with E-state index in [4.69, 9.17) is 17.3 Å². The first kappa shape index (κ1) is 14.6.